The monoisotopic (exact) mass is 308 g/mol. The molecule has 2 heterocycles. The lowest BCUT2D eigenvalue weighted by atomic mass is 9.94. The molecule has 0 spiro atoms. The van der Waals surface area contributed by atoms with Gasteiger partial charge in [0.05, 0.1) is 6.04 Å². The highest BCUT2D eigenvalue weighted by Gasteiger charge is 2.39. The smallest absolute Gasteiger partial charge is 0.246 e. The fourth-order valence-electron chi connectivity index (χ4n) is 2.78. The predicted octanol–water partition coefficient (Wildman–Crippen LogP) is 2.96. The standard InChI is InChI=1S/C16H24N2O2S/c1-4-7-12(13-8-6-9-21-13)18-10-14(19)17-15(16(18)20)11(3)5-2/h6,8-9,11-12,15H,4-5,7,10H2,1-3H3,(H,17,19). The molecule has 0 bridgehead atoms. The summed E-state index contributed by atoms with van der Waals surface area (Å²) in [7, 11) is 0. The van der Waals surface area contributed by atoms with Crippen molar-refractivity contribution in [3.05, 3.63) is 22.4 Å². The molecule has 0 aromatic carbocycles. The maximum atomic E-state index is 12.8. The van der Waals surface area contributed by atoms with Crippen LogP contribution in [0.3, 0.4) is 0 Å². The number of amides is 2. The van der Waals surface area contributed by atoms with Crippen molar-refractivity contribution in [1.29, 1.82) is 0 Å². The summed E-state index contributed by atoms with van der Waals surface area (Å²) in [6, 6.07) is 3.71. The molecule has 1 aliphatic rings. The summed E-state index contributed by atoms with van der Waals surface area (Å²) in [4.78, 5) is 27.8. The highest BCUT2D eigenvalue weighted by molar-refractivity contribution is 7.10. The van der Waals surface area contributed by atoms with Gasteiger partial charge in [0.25, 0.3) is 0 Å². The maximum Gasteiger partial charge on any atom is 0.246 e. The third-order valence-electron chi connectivity index (χ3n) is 4.20. The Kier molecular flexibility index (Phi) is 5.39. The Morgan fingerprint density at radius 1 is 1.43 bits per heavy atom. The number of hydrogen-bond donors (Lipinski definition) is 1. The van der Waals surface area contributed by atoms with E-state index in [0.717, 1.165) is 19.3 Å². The minimum atomic E-state index is -0.379. The van der Waals surface area contributed by atoms with Gasteiger partial charge in [-0.15, -0.1) is 11.3 Å². The van der Waals surface area contributed by atoms with E-state index in [1.807, 2.05) is 25.3 Å². The second kappa shape index (κ2) is 7.07. The molecule has 116 valence electrons. The van der Waals surface area contributed by atoms with E-state index >= 15 is 0 Å². The molecule has 1 aromatic heterocycles. The Labute approximate surface area is 130 Å². The van der Waals surface area contributed by atoms with Gasteiger partial charge in [-0.3, -0.25) is 9.59 Å². The third kappa shape index (κ3) is 3.46. The first kappa shape index (κ1) is 16.0. The molecule has 2 rings (SSSR count). The van der Waals surface area contributed by atoms with E-state index in [-0.39, 0.29) is 36.4 Å². The van der Waals surface area contributed by atoms with E-state index in [4.69, 9.17) is 0 Å². The lowest BCUT2D eigenvalue weighted by molar-refractivity contribution is -0.148. The maximum absolute atomic E-state index is 12.8. The van der Waals surface area contributed by atoms with Crippen LogP contribution in [-0.2, 0) is 9.59 Å². The zero-order chi connectivity index (χ0) is 15.4. The van der Waals surface area contributed by atoms with Crippen LogP contribution >= 0.6 is 11.3 Å². The number of carbonyl (C=O) groups is 2. The van der Waals surface area contributed by atoms with Crippen LogP contribution in [0.1, 0.15) is 51.0 Å². The minimum absolute atomic E-state index is 0.0279. The number of nitrogens with one attached hydrogen (secondary N) is 1. The number of nitrogens with zero attached hydrogens (tertiary/aromatic N) is 1. The first-order chi connectivity index (χ1) is 10.1. The first-order valence-electron chi connectivity index (χ1n) is 7.71. The van der Waals surface area contributed by atoms with E-state index in [1.165, 1.54) is 4.88 Å². The van der Waals surface area contributed by atoms with Gasteiger partial charge >= 0.3 is 0 Å². The van der Waals surface area contributed by atoms with Crippen LogP contribution in [0.15, 0.2) is 17.5 Å². The molecule has 1 saturated heterocycles. The molecule has 5 heteroatoms. The molecule has 0 radical (unpaired) electrons. The molecule has 3 atom stereocenters. The van der Waals surface area contributed by atoms with Gasteiger partial charge < -0.3 is 10.2 Å². The third-order valence-corrected chi connectivity index (χ3v) is 5.18. The zero-order valence-electron chi connectivity index (χ0n) is 13.0. The molecule has 2 amide bonds. The van der Waals surface area contributed by atoms with E-state index in [9.17, 15) is 9.59 Å². The number of rotatable bonds is 6. The summed E-state index contributed by atoms with van der Waals surface area (Å²) in [5.74, 6) is 0.184. The van der Waals surface area contributed by atoms with Crippen LogP contribution in [0.25, 0.3) is 0 Å². The summed E-state index contributed by atoms with van der Waals surface area (Å²) in [5, 5.41) is 4.89. The van der Waals surface area contributed by atoms with Crippen molar-refractivity contribution in [3.8, 4) is 0 Å². The summed E-state index contributed by atoms with van der Waals surface area (Å²) in [6.07, 6.45) is 2.76. The first-order valence-corrected chi connectivity index (χ1v) is 8.59. The fraction of sp³-hybridized carbons (Fsp3) is 0.625. The van der Waals surface area contributed by atoms with Crippen LogP contribution in [-0.4, -0.2) is 29.3 Å². The Morgan fingerprint density at radius 2 is 2.19 bits per heavy atom. The van der Waals surface area contributed by atoms with Crippen molar-refractivity contribution in [1.82, 2.24) is 10.2 Å². The Morgan fingerprint density at radius 3 is 2.76 bits per heavy atom. The van der Waals surface area contributed by atoms with Crippen LogP contribution in [0, 0.1) is 5.92 Å². The second-order valence-electron chi connectivity index (χ2n) is 5.72. The van der Waals surface area contributed by atoms with Gasteiger partial charge in [-0.05, 0) is 23.8 Å². The number of thiophene rings is 1. The summed E-state index contributed by atoms with van der Waals surface area (Å²) in [6.45, 7) is 6.35. The minimum Gasteiger partial charge on any atom is -0.342 e. The molecular weight excluding hydrogens is 284 g/mol. The van der Waals surface area contributed by atoms with Gasteiger partial charge in [0.1, 0.15) is 12.6 Å². The Hall–Kier alpha value is -1.36. The van der Waals surface area contributed by atoms with Crippen molar-refractivity contribution in [2.75, 3.05) is 6.54 Å². The number of piperazine rings is 1. The summed E-state index contributed by atoms with van der Waals surface area (Å²) in [5.41, 5.74) is 0. The van der Waals surface area contributed by atoms with Crippen LogP contribution in [0.4, 0.5) is 0 Å². The molecule has 1 N–H and O–H groups in total. The van der Waals surface area contributed by atoms with E-state index in [1.54, 1.807) is 16.2 Å². The molecule has 3 unspecified atom stereocenters. The number of hydrogen-bond acceptors (Lipinski definition) is 3. The summed E-state index contributed by atoms with van der Waals surface area (Å²) < 4.78 is 0. The quantitative estimate of drug-likeness (QED) is 0.878. The van der Waals surface area contributed by atoms with Crippen LogP contribution < -0.4 is 5.32 Å². The van der Waals surface area contributed by atoms with Gasteiger partial charge in [-0.1, -0.05) is 39.7 Å². The van der Waals surface area contributed by atoms with E-state index < -0.39 is 0 Å². The van der Waals surface area contributed by atoms with Crippen molar-refractivity contribution >= 4 is 23.2 Å². The van der Waals surface area contributed by atoms with Gasteiger partial charge in [0.15, 0.2) is 0 Å². The highest BCUT2D eigenvalue weighted by Crippen LogP contribution is 2.31. The van der Waals surface area contributed by atoms with Crippen molar-refractivity contribution in [2.45, 2.75) is 52.1 Å². The number of carbonyl (C=O) groups excluding carboxylic acids is 2. The molecule has 0 saturated carbocycles. The van der Waals surface area contributed by atoms with Gasteiger partial charge in [0.2, 0.25) is 11.8 Å². The average molecular weight is 308 g/mol. The van der Waals surface area contributed by atoms with Crippen LogP contribution in [0.2, 0.25) is 0 Å². The molecule has 21 heavy (non-hydrogen) atoms. The van der Waals surface area contributed by atoms with Gasteiger partial charge in [-0.2, -0.15) is 0 Å². The molecule has 1 aromatic rings. The average Bonchev–Trinajstić information content (AvgIpc) is 3.00. The summed E-state index contributed by atoms with van der Waals surface area (Å²) >= 11 is 1.66. The van der Waals surface area contributed by atoms with Gasteiger partial charge in [-0.25, -0.2) is 0 Å². The molecule has 1 aliphatic heterocycles. The van der Waals surface area contributed by atoms with E-state index in [2.05, 4.69) is 18.3 Å². The Bertz CT molecular complexity index is 486. The van der Waals surface area contributed by atoms with Gasteiger partial charge in [0, 0.05) is 4.88 Å². The van der Waals surface area contributed by atoms with Crippen molar-refractivity contribution < 1.29 is 9.59 Å². The Balaban J connectivity index is 2.26. The lowest BCUT2D eigenvalue weighted by Crippen LogP contribution is -2.60. The molecule has 0 aliphatic carbocycles. The second-order valence-corrected chi connectivity index (χ2v) is 6.70. The van der Waals surface area contributed by atoms with Crippen molar-refractivity contribution in [3.63, 3.8) is 0 Å². The molecule has 1 fully saturated rings. The molecular formula is C16H24N2O2S. The topological polar surface area (TPSA) is 49.4 Å². The SMILES string of the molecule is CCCC(c1cccs1)N1CC(=O)NC(C(C)CC)C1=O. The fourth-order valence-corrected chi connectivity index (χ4v) is 3.66. The normalized spacial score (nSPS) is 22.0. The zero-order valence-corrected chi connectivity index (χ0v) is 13.8. The van der Waals surface area contributed by atoms with Crippen molar-refractivity contribution in [2.24, 2.45) is 5.92 Å². The predicted molar refractivity (Wildman–Crippen MR) is 85.1 cm³/mol. The lowest BCUT2D eigenvalue weighted by Gasteiger charge is -2.39. The van der Waals surface area contributed by atoms with Crippen LogP contribution in [0.5, 0.6) is 0 Å². The van der Waals surface area contributed by atoms with E-state index in [0.29, 0.717) is 0 Å². The largest absolute Gasteiger partial charge is 0.342 e. The highest BCUT2D eigenvalue weighted by atomic mass is 32.1. The molecule has 4 nitrogen and oxygen atoms in total.